The van der Waals surface area contributed by atoms with Gasteiger partial charge in [0.2, 0.25) is 5.89 Å². The molecule has 1 atom stereocenters. The molecular weight excluding hydrogens is 318 g/mol. The largest absolute Gasteiger partial charge is 0.493 e. The molecule has 6 nitrogen and oxygen atoms in total. The lowest BCUT2D eigenvalue weighted by Crippen LogP contribution is -2.39. The minimum atomic E-state index is 0.0506. The molecule has 4 rings (SSSR count). The summed E-state index contributed by atoms with van der Waals surface area (Å²) in [6, 6.07) is 7.48. The van der Waals surface area contributed by atoms with Gasteiger partial charge in [0.15, 0.2) is 5.82 Å². The molecular formula is C19H23N3O3. The molecule has 0 radical (unpaired) electrons. The Balaban J connectivity index is 1.39. The molecule has 6 heteroatoms. The van der Waals surface area contributed by atoms with Gasteiger partial charge >= 0.3 is 0 Å². The van der Waals surface area contributed by atoms with Crippen molar-refractivity contribution < 1.29 is 14.1 Å². The summed E-state index contributed by atoms with van der Waals surface area (Å²) in [7, 11) is 0. The predicted molar refractivity (Wildman–Crippen MR) is 91.6 cm³/mol. The summed E-state index contributed by atoms with van der Waals surface area (Å²) in [6.07, 6.45) is 4.46. The van der Waals surface area contributed by atoms with Gasteiger partial charge in [0.1, 0.15) is 5.75 Å². The molecule has 1 saturated carbocycles. The molecule has 25 heavy (non-hydrogen) atoms. The number of ether oxygens (including phenoxy) is 1. The van der Waals surface area contributed by atoms with Crippen LogP contribution in [-0.2, 0) is 0 Å². The average molecular weight is 341 g/mol. The van der Waals surface area contributed by atoms with Gasteiger partial charge in [-0.2, -0.15) is 4.98 Å². The van der Waals surface area contributed by atoms with E-state index in [1.54, 1.807) is 0 Å². The van der Waals surface area contributed by atoms with E-state index in [2.05, 4.69) is 10.1 Å². The standard InChI is InChI=1S/C19H23N3O3/c1-13-20-18(25-21-13)16-3-2-10-22(11-16)19(23)15-6-8-17(9-7-15)24-12-14-4-5-14/h6-9,14,16H,2-5,10-12H2,1H3. The minimum absolute atomic E-state index is 0.0506. The second-order valence-corrected chi connectivity index (χ2v) is 7.05. The van der Waals surface area contributed by atoms with Crippen LogP contribution in [-0.4, -0.2) is 40.6 Å². The summed E-state index contributed by atoms with van der Waals surface area (Å²) in [5, 5.41) is 3.86. The average Bonchev–Trinajstić information content (AvgIpc) is 3.39. The number of hydrogen-bond donors (Lipinski definition) is 0. The molecule has 1 aromatic heterocycles. The number of aryl methyl sites for hydroxylation is 1. The van der Waals surface area contributed by atoms with Gasteiger partial charge in [-0.1, -0.05) is 5.16 Å². The molecule has 2 aromatic rings. The van der Waals surface area contributed by atoms with Crippen LogP contribution in [0.2, 0.25) is 0 Å². The SMILES string of the molecule is Cc1noc(C2CCCN(C(=O)c3ccc(OCC4CC4)cc3)C2)n1. The van der Waals surface area contributed by atoms with Gasteiger partial charge in [-0.15, -0.1) is 0 Å². The molecule has 0 spiro atoms. The second-order valence-electron chi connectivity index (χ2n) is 7.05. The molecule has 1 aliphatic carbocycles. The number of nitrogens with zero attached hydrogens (tertiary/aromatic N) is 3. The molecule has 2 fully saturated rings. The van der Waals surface area contributed by atoms with Gasteiger partial charge in [0.05, 0.1) is 12.5 Å². The van der Waals surface area contributed by atoms with E-state index in [4.69, 9.17) is 9.26 Å². The summed E-state index contributed by atoms with van der Waals surface area (Å²) >= 11 is 0. The Morgan fingerprint density at radius 2 is 2.08 bits per heavy atom. The third-order valence-electron chi connectivity index (χ3n) is 4.89. The van der Waals surface area contributed by atoms with Crippen molar-refractivity contribution in [3.8, 4) is 5.75 Å². The van der Waals surface area contributed by atoms with E-state index in [9.17, 15) is 4.79 Å². The quantitative estimate of drug-likeness (QED) is 0.835. The fourth-order valence-corrected chi connectivity index (χ4v) is 3.22. The van der Waals surface area contributed by atoms with Crippen molar-refractivity contribution in [2.75, 3.05) is 19.7 Å². The molecule has 132 valence electrons. The highest BCUT2D eigenvalue weighted by molar-refractivity contribution is 5.94. The number of aromatic nitrogens is 2. The molecule has 2 aliphatic rings. The van der Waals surface area contributed by atoms with E-state index in [1.165, 1.54) is 12.8 Å². The van der Waals surface area contributed by atoms with Crippen molar-refractivity contribution in [2.45, 2.75) is 38.5 Å². The van der Waals surface area contributed by atoms with Crippen molar-refractivity contribution in [2.24, 2.45) is 5.92 Å². The van der Waals surface area contributed by atoms with E-state index in [-0.39, 0.29) is 11.8 Å². The first kappa shape index (κ1) is 16.1. The maximum atomic E-state index is 12.8. The summed E-state index contributed by atoms with van der Waals surface area (Å²) in [6.45, 7) is 3.99. The fraction of sp³-hybridized carbons (Fsp3) is 0.526. The first-order valence-electron chi connectivity index (χ1n) is 9.01. The molecule has 0 N–H and O–H groups in total. The number of rotatable bonds is 5. The molecule has 1 amide bonds. The zero-order valence-electron chi connectivity index (χ0n) is 14.5. The summed E-state index contributed by atoms with van der Waals surface area (Å²) in [5.41, 5.74) is 0.695. The smallest absolute Gasteiger partial charge is 0.253 e. The van der Waals surface area contributed by atoms with Gasteiger partial charge in [-0.3, -0.25) is 4.79 Å². The van der Waals surface area contributed by atoms with E-state index in [1.807, 2.05) is 36.1 Å². The number of hydrogen-bond acceptors (Lipinski definition) is 5. The van der Waals surface area contributed by atoms with E-state index >= 15 is 0 Å². The van der Waals surface area contributed by atoms with Gasteiger partial charge in [-0.25, -0.2) is 0 Å². The van der Waals surface area contributed by atoms with Crippen LogP contribution in [0.4, 0.5) is 0 Å². The van der Waals surface area contributed by atoms with Crippen LogP contribution in [0, 0.1) is 12.8 Å². The molecule has 1 aliphatic heterocycles. The fourth-order valence-electron chi connectivity index (χ4n) is 3.22. The molecule has 0 bridgehead atoms. The number of carbonyl (C=O) groups excluding carboxylic acids is 1. The third-order valence-corrected chi connectivity index (χ3v) is 4.89. The highest BCUT2D eigenvalue weighted by Gasteiger charge is 2.29. The maximum absolute atomic E-state index is 12.8. The number of piperidine rings is 1. The monoisotopic (exact) mass is 341 g/mol. The lowest BCUT2D eigenvalue weighted by Gasteiger charge is -2.31. The minimum Gasteiger partial charge on any atom is -0.493 e. The maximum Gasteiger partial charge on any atom is 0.253 e. The third kappa shape index (κ3) is 3.83. The Morgan fingerprint density at radius 1 is 1.28 bits per heavy atom. The van der Waals surface area contributed by atoms with Crippen molar-refractivity contribution in [3.63, 3.8) is 0 Å². The molecule has 1 aromatic carbocycles. The Kier molecular flexibility index (Phi) is 4.42. The number of amides is 1. The van der Waals surface area contributed by atoms with Gasteiger partial charge in [-0.05, 0) is 62.8 Å². The van der Waals surface area contributed by atoms with Crippen LogP contribution in [0.25, 0.3) is 0 Å². The van der Waals surface area contributed by atoms with E-state index in [0.29, 0.717) is 23.8 Å². The number of likely N-dealkylation sites (tertiary alicyclic amines) is 1. The lowest BCUT2D eigenvalue weighted by molar-refractivity contribution is 0.0695. The Labute approximate surface area is 147 Å². The van der Waals surface area contributed by atoms with Crippen molar-refractivity contribution >= 4 is 5.91 Å². The zero-order chi connectivity index (χ0) is 17.2. The number of carbonyl (C=O) groups is 1. The van der Waals surface area contributed by atoms with Crippen molar-refractivity contribution in [1.29, 1.82) is 0 Å². The van der Waals surface area contributed by atoms with Crippen LogP contribution < -0.4 is 4.74 Å². The van der Waals surface area contributed by atoms with Crippen LogP contribution in [0.15, 0.2) is 28.8 Å². The molecule has 2 heterocycles. The van der Waals surface area contributed by atoms with Crippen molar-refractivity contribution in [1.82, 2.24) is 15.0 Å². The second kappa shape index (κ2) is 6.86. The summed E-state index contributed by atoms with van der Waals surface area (Å²) in [4.78, 5) is 19.0. The Hall–Kier alpha value is -2.37. The van der Waals surface area contributed by atoms with Crippen LogP contribution in [0.1, 0.15) is 53.7 Å². The van der Waals surface area contributed by atoms with Crippen LogP contribution >= 0.6 is 0 Å². The highest BCUT2D eigenvalue weighted by Crippen LogP contribution is 2.30. The first-order chi connectivity index (χ1) is 12.2. The van der Waals surface area contributed by atoms with Crippen molar-refractivity contribution in [3.05, 3.63) is 41.5 Å². The van der Waals surface area contributed by atoms with E-state index in [0.717, 1.165) is 37.7 Å². The molecule has 1 saturated heterocycles. The number of benzene rings is 1. The lowest BCUT2D eigenvalue weighted by atomic mass is 9.97. The normalized spacial score (nSPS) is 20.5. The first-order valence-corrected chi connectivity index (χ1v) is 9.01. The molecule has 1 unspecified atom stereocenters. The van der Waals surface area contributed by atoms with Crippen LogP contribution in [0.3, 0.4) is 0 Å². The van der Waals surface area contributed by atoms with Crippen LogP contribution in [0.5, 0.6) is 5.75 Å². The highest BCUT2D eigenvalue weighted by atomic mass is 16.5. The van der Waals surface area contributed by atoms with E-state index < -0.39 is 0 Å². The Morgan fingerprint density at radius 3 is 2.76 bits per heavy atom. The Bertz CT molecular complexity index is 737. The van der Waals surface area contributed by atoms with Gasteiger partial charge < -0.3 is 14.2 Å². The van der Waals surface area contributed by atoms with Gasteiger partial charge in [0, 0.05) is 18.7 Å². The van der Waals surface area contributed by atoms with Gasteiger partial charge in [0.25, 0.3) is 5.91 Å². The zero-order valence-corrected chi connectivity index (χ0v) is 14.5. The topological polar surface area (TPSA) is 68.5 Å². The summed E-state index contributed by atoms with van der Waals surface area (Å²) in [5.74, 6) is 3.01. The summed E-state index contributed by atoms with van der Waals surface area (Å²) < 4.78 is 11.0. The predicted octanol–water partition coefficient (Wildman–Crippen LogP) is 3.19.